The van der Waals surface area contributed by atoms with Crippen LogP contribution in [-0.2, 0) is 16.4 Å². The second-order valence-electron chi connectivity index (χ2n) is 4.20. The first-order chi connectivity index (χ1) is 9.90. The zero-order valence-corrected chi connectivity index (χ0v) is 13.1. The van der Waals surface area contributed by atoms with E-state index < -0.39 is 16.0 Å². The first-order valence-corrected chi connectivity index (χ1v) is 8.69. The molecular formula is C13H12ClNO4S2. The predicted octanol–water partition coefficient (Wildman–Crippen LogP) is 2.62. The molecule has 5 nitrogen and oxygen atoms in total. The molecule has 2 aromatic rings. The van der Waals surface area contributed by atoms with Gasteiger partial charge in [-0.05, 0) is 35.6 Å². The van der Waals surface area contributed by atoms with Crippen molar-refractivity contribution in [2.75, 3.05) is 6.54 Å². The SMILES string of the molecule is O=C(O)c1sccc1S(=O)(=O)NCCc1cccc(Cl)c1. The van der Waals surface area contributed by atoms with Gasteiger partial charge in [-0.1, -0.05) is 23.7 Å². The van der Waals surface area contributed by atoms with Crippen molar-refractivity contribution in [1.82, 2.24) is 4.72 Å². The lowest BCUT2D eigenvalue weighted by Crippen LogP contribution is -2.26. The zero-order chi connectivity index (χ0) is 15.5. The summed E-state index contributed by atoms with van der Waals surface area (Å²) in [4.78, 5) is 10.6. The van der Waals surface area contributed by atoms with E-state index in [2.05, 4.69) is 4.72 Å². The van der Waals surface area contributed by atoms with Crippen LogP contribution in [0.3, 0.4) is 0 Å². The molecule has 1 aromatic carbocycles. The van der Waals surface area contributed by atoms with Crippen molar-refractivity contribution >= 4 is 38.9 Å². The van der Waals surface area contributed by atoms with Gasteiger partial charge >= 0.3 is 5.97 Å². The van der Waals surface area contributed by atoms with Crippen molar-refractivity contribution in [2.24, 2.45) is 0 Å². The molecule has 0 amide bonds. The van der Waals surface area contributed by atoms with E-state index in [1.165, 1.54) is 11.4 Å². The summed E-state index contributed by atoms with van der Waals surface area (Å²) in [7, 11) is -3.83. The molecule has 2 N–H and O–H groups in total. The Morgan fingerprint density at radius 1 is 1.33 bits per heavy atom. The third-order valence-corrected chi connectivity index (χ3v) is 5.48. The number of hydrogen-bond acceptors (Lipinski definition) is 4. The predicted molar refractivity (Wildman–Crippen MR) is 81.6 cm³/mol. The molecule has 0 fully saturated rings. The summed E-state index contributed by atoms with van der Waals surface area (Å²) in [5, 5.41) is 11.0. The maximum absolute atomic E-state index is 12.1. The summed E-state index contributed by atoms with van der Waals surface area (Å²) in [6, 6.07) is 8.40. The fraction of sp³-hybridized carbons (Fsp3) is 0.154. The van der Waals surface area contributed by atoms with Crippen molar-refractivity contribution in [2.45, 2.75) is 11.3 Å². The molecule has 0 bridgehead atoms. The van der Waals surface area contributed by atoms with Crippen molar-refractivity contribution in [1.29, 1.82) is 0 Å². The van der Waals surface area contributed by atoms with Crippen molar-refractivity contribution in [3.63, 3.8) is 0 Å². The number of aromatic carboxylic acids is 1. The topological polar surface area (TPSA) is 83.5 Å². The Balaban J connectivity index is 2.05. The fourth-order valence-electron chi connectivity index (χ4n) is 1.76. The quantitative estimate of drug-likeness (QED) is 0.843. The number of halogens is 1. The van der Waals surface area contributed by atoms with Crippen LogP contribution in [0.5, 0.6) is 0 Å². The van der Waals surface area contributed by atoms with Gasteiger partial charge in [0.15, 0.2) is 0 Å². The second-order valence-corrected chi connectivity index (χ2v) is 7.28. The van der Waals surface area contributed by atoms with Crippen LogP contribution >= 0.6 is 22.9 Å². The van der Waals surface area contributed by atoms with Crippen LogP contribution in [-0.4, -0.2) is 26.0 Å². The summed E-state index contributed by atoms with van der Waals surface area (Å²) < 4.78 is 26.6. The van der Waals surface area contributed by atoms with E-state index in [0.29, 0.717) is 11.4 Å². The molecule has 0 radical (unpaired) electrons. The lowest BCUT2D eigenvalue weighted by atomic mass is 10.2. The van der Waals surface area contributed by atoms with Crippen LogP contribution < -0.4 is 4.72 Å². The Bertz CT molecular complexity index is 755. The van der Waals surface area contributed by atoms with Crippen LogP contribution in [0.15, 0.2) is 40.6 Å². The molecule has 0 aliphatic carbocycles. The summed E-state index contributed by atoms with van der Waals surface area (Å²) >= 11 is 6.73. The minimum atomic E-state index is -3.83. The monoisotopic (exact) mass is 345 g/mol. The average molecular weight is 346 g/mol. The Morgan fingerprint density at radius 2 is 2.10 bits per heavy atom. The number of carbonyl (C=O) groups is 1. The van der Waals surface area contributed by atoms with E-state index >= 15 is 0 Å². The van der Waals surface area contributed by atoms with Gasteiger partial charge in [0.05, 0.1) is 0 Å². The van der Waals surface area contributed by atoms with E-state index in [-0.39, 0.29) is 16.3 Å². The van der Waals surface area contributed by atoms with Gasteiger partial charge in [0, 0.05) is 11.6 Å². The van der Waals surface area contributed by atoms with Crippen LogP contribution in [0.1, 0.15) is 15.2 Å². The first-order valence-electron chi connectivity index (χ1n) is 5.95. The number of nitrogens with one attached hydrogen (secondary N) is 1. The van der Waals surface area contributed by atoms with Gasteiger partial charge in [0.2, 0.25) is 10.0 Å². The smallest absolute Gasteiger partial charge is 0.347 e. The number of thiophene rings is 1. The molecule has 0 spiro atoms. The normalized spacial score (nSPS) is 11.5. The highest BCUT2D eigenvalue weighted by Gasteiger charge is 2.23. The van der Waals surface area contributed by atoms with Crippen LogP contribution in [0.2, 0.25) is 5.02 Å². The largest absolute Gasteiger partial charge is 0.477 e. The first kappa shape index (κ1) is 16.0. The Morgan fingerprint density at radius 3 is 2.76 bits per heavy atom. The minimum absolute atomic E-state index is 0.164. The van der Waals surface area contributed by atoms with Crippen molar-refractivity contribution in [3.05, 3.63) is 51.2 Å². The second kappa shape index (κ2) is 6.57. The van der Waals surface area contributed by atoms with Gasteiger partial charge in [-0.25, -0.2) is 17.9 Å². The summed E-state index contributed by atoms with van der Waals surface area (Å²) in [6.45, 7) is 0.164. The minimum Gasteiger partial charge on any atom is -0.477 e. The third kappa shape index (κ3) is 4.04. The maximum Gasteiger partial charge on any atom is 0.347 e. The van der Waals surface area contributed by atoms with Crippen LogP contribution in [0, 0.1) is 0 Å². The number of hydrogen-bond donors (Lipinski definition) is 2. The van der Waals surface area contributed by atoms with Gasteiger partial charge in [-0.2, -0.15) is 0 Å². The number of benzene rings is 1. The molecule has 0 unspecified atom stereocenters. The number of rotatable bonds is 6. The molecule has 1 heterocycles. The summed E-state index contributed by atoms with van der Waals surface area (Å²) in [6.07, 6.45) is 0.465. The Labute approximate surface area is 131 Å². The van der Waals surface area contributed by atoms with Gasteiger partial charge in [0.1, 0.15) is 9.77 Å². The van der Waals surface area contributed by atoms with Gasteiger partial charge in [-0.3, -0.25) is 0 Å². The standard InChI is InChI=1S/C13H12ClNO4S2/c14-10-3-1-2-9(8-10)4-6-15-21(18,19)11-5-7-20-12(11)13(16)17/h1-3,5,7-8,15H,4,6H2,(H,16,17). The number of carboxylic acid groups (broad SMARTS) is 1. The molecule has 2 rings (SSSR count). The third-order valence-electron chi connectivity index (χ3n) is 2.71. The van der Waals surface area contributed by atoms with Crippen LogP contribution in [0.25, 0.3) is 0 Å². The molecular weight excluding hydrogens is 334 g/mol. The fourth-order valence-corrected chi connectivity index (χ4v) is 4.27. The highest BCUT2D eigenvalue weighted by atomic mass is 35.5. The molecule has 0 saturated heterocycles. The molecule has 0 aliphatic rings. The van der Waals surface area contributed by atoms with Crippen LogP contribution in [0.4, 0.5) is 0 Å². The molecule has 0 saturated carbocycles. The van der Waals surface area contributed by atoms with Gasteiger partial charge in [0.25, 0.3) is 0 Å². The molecule has 1 aromatic heterocycles. The van der Waals surface area contributed by atoms with E-state index in [1.54, 1.807) is 18.2 Å². The highest BCUT2D eigenvalue weighted by molar-refractivity contribution is 7.89. The lowest BCUT2D eigenvalue weighted by Gasteiger charge is -2.06. The van der Waals surface area contributed by atoms with Crippen molar-refractivity contribution in [3.8, 4) is 0 Å². The van der Waals surface area contributed by atoms with Gasteiger partial charge < -0.3 is 5.11 Å². The van der Waals surface area contributed by atoms with E-state index in [4.69, 9.17) is 16.7 Å². The average Bonchev–Trinajstić information content (AvgIpc) is 2.88. The summed E-state index contributed by atoms with van der Waals surface area (Å²) in [5.74, 6) is -1.25. The number of sulfonamides is 1. The Kier molecular flexibility index (Phi) is 5.00. The maximum atomic E-state index is 12.1. The molecule has 0 atom stereocenters. The van der Waals surface area contributed by atoms with E-state index in [1.807, 2.05) is 6.07 Å². The number of carboxylic acids is 1. The molecule has 21 heavy (non-hydrogen) atoms. The molecule has 8 heteroatoms. The highest BCUT2D eigenvalue weighted by Crippen LogP contribution is 2.21. The van der Waals surface area contributed by atoms with E-state index in [9.17, 15) is 13.2 Å². The lowest BCUT2D eigenvalue weighted by molar-refractivity contribution is 0.0698. The van der Waals surface area contributed by atoms with Crippen molar-refractivity contribution < 1.29 is 18.3 Å². The molecule has 0 aliphatic heterocycles. The van der Waals surface area contributed by atoms with Gasteiger partial charge in [-0.15, -0.1) is 11.3 Å². The zero-order valence-electron chi connectivity index (χ0n) is 10.7. The summed E-state index contributed by atoms with van der Waals surface area (Å²) in [5.41, 5.74) is 0.897. The van der Waals surface area contributed by atoms with E-state index in [0.717, 1.165) is 16.9 Å². The molecule has 112 valence electrons. The Hall–Kier alpha value is -1.41.